The maximum absolute atomic E-state index is 11.3. The number of aliphatic hydroxyl groups excluding tert-OH is 1. The van der Waals surface area contributed by atoms with Gasteiger partial charge in [0.2, 0.25) is 0 Å². The van der Waals surface area contributed by atoms with E-state index in [0.717, 1.165) is 19.5 Å². The average molecular weight is 277 g/mol. The molecule has 0 aromatic rings. The van der Waals surface area contributed by atoms with Crippen molar-refractivity contribution >= 4 is 5.97 Å². The Morgan fingerprint density at radius 1 is 1.21 bits per heavy atom. The number of carbonyl (C=O) groups is 1. The molecule has 1 atom stereocenters. The first-order valence-corrected chi connectivity index (χ1v) is 6.67. The Morgan fingerprint density at radius 2 is 1.89 bits per heavy atom. The maximum Gasteiger partial charge on any atom is 0.308 e. The highest BCUT2D eigenvalue weighted by molar-refractivity contribution is 5.69. The molecule has 0 aliphatic carbocycles. The highest BCUT2D eigenvalue weighted by Crippen LogP contribution is 2.01. The maximum atomic E-state index is 11.3. The molecule has 0 rings (SSSR count). The summed E-state index contributed by atoms with van der Waals surface area (Å²) in [7, 11) is 3.30. The van der Waals surface area contributed by atoms with Crippen molar-refractivity contribution in [2.45, 2.75) is 25.9 Å². The van der Waals surface area contributed by atoms with E-state index in [-0.39, 0.29) is 12.4 Å². The van der Waals surface area contributed by atoms with Crippen LogP contribution in [0.4, 0.5) is 0 Å². The van der Waals surface area contributed by atoms with Crippen LogP contribution in [0.5, 0.6) is 0 Å². The van der Waals surface area contributed by atoms with Crippen LogP contribution in [-0.4, -0.2) is 75.8 Å². The largest absolute Gasteiger partial charge is 0.466 e. The normalized spacial score (nSPS) is 12.7. The third kappa shape index (κ3) is 10.9. The van der Waals surface area contributed by atoms with Gasteiger partial charge in [0.25, 0.3) is 0 Å². The highest BCUT2D eigenvalue weighted by Gasteiger charge is 2.15. The van der Waals surface area contributed by atoms with E-state index < -0.39 is 6.10 Å². The van der Waals surface area contributed by atoms with Crippen LogP contribution >= 0.6 is 0 Å². The van der Waals surface area contributed by atoms with E-state index in [2.05, 4.69) is 4.90 Å². The highest BCUT2D eigenvalue weighted by atomic mass is 16.5. The van der Waals surface area contributed by atoms with Crippen molar-refractivity contribution in [1.82, 2.24) is 4.90 Å². The molecule has 0 fully saturated rings. The van der Waals surface area contributed by atoms with Gasteiger partial charge < -0.3 is 19.3 Å². The van der Waals surface area contributed by atoms with Gasteiger partial charge in [-0.05, 0) is 13.3 Å². The standard InChI is InChI=1S/C13H27NO5/c1-4-19-13(16)10-12(15)11-14(7-9-18-3)6-5-8-17-2/h12,15H,4-11H2,1-3H3. The summed E-state index contributed by atoms with van der Waals surface area (Å²) in [5.41, 5.74) is 0. The van der Waals surface area contributed by atoms with Gasteiger partial charge in [0.15, 0.2) is 0 Å². The van der Waals surface area contributed by atoms with E-state index in [1.807, 2.05) is 0 Å². The number of rotatable bonds is 12. The van der Waals surface area contributed by atoms with E-state index in [1.54, 1.807) is 21.1 Å². The zero-order valence-corrected chi connectivity index (χ0v) is 12.3. The molecule has 0 heterocycles. The van der Waals surface area contributed by atoms with Gasteiger partial charge in [-0.15, -0.1) is 0 Å². The fourth-order valence-electron chi connectivity index (χ4n) is 1.72. The molecule has 0 amide bonds. The van der Waals surface area contributed by atoms with Crippen LogP contribution in [0.2, 0.25) is 0 Å². The van der Waals surface area contributed by atoms with Gasteiger partial charge in [0.1, 0.15) is 0 Å². The van der Waals surface area contributed by atoms with E-state index in [9.17, 15) is 9.90 Å². The van der Waals surface area contributed by atoms with Gasteiger partial charge in [0, 0.05) is 40.5 Å². The Hall–Kier alpha value is -0.690. The molecule has 19 heavy (non-hydrogen) atoms. The Kier molecular flexibility index (Phi) is 11.9. The van der Waals surface area contributed by atoms with E-state index in [1.165, 1.54) is 0 Å². The van der Waals surface area contributed by atoms with Gasteiger partial charge in [-0.25, -0.2) is 0 Å². The molecule has 114 valence electrons. The number of methoxy groups -OCH3 is 2. The van der Waals surface area contributed by atoms with Crippen LogP contribution in [0.15, 0.2) is 0 Å². The van der Waals surface area contributed by atoms with Crippen LogP contribution in [-0.2, 0) is 19.0 Å². The fourth-order valence-corrected chi connectivity index (χ4v) is 1.72. The van der Waals surface area contributed by atoms with E-state index >= 15 is 0 Å². The Morgan fingerprint density at radius 3 is 2.47 bits per heavy atom. The fraction of sp³-hybridized carbons (Fsp3) is 0.923. The average Bonchev–Trinajstić information content (AvgIpc) is 2.36. The third-order valence-electron chi connectivity index (χ3n) is 2.61. The van der Waals surface area contributed by atoms with Gasteiger partial charge in [-0.3, -0.25) is 9.69 Å². The number of nitrogens with zero attached hydrogens (tertiary/aromatic N) is 1. The Bertz CT molecular complexity index is 225. The molecule has 6 heteroatoms. The van der Waals surface area contributed by atoms with Crippen molar-refractivity contribution < 1.29 is 24.1 Å². The zero-order valence-electron chi connectivity index (χ0n) is 12.3. The molecule has 0 aromatic carbocycles. The third-order valence-corrected chi connectivity index (χ3v) is 2.61. The van der Waals surface area contributed by atoms with Crippen LogP contribution in [0.3, 0.4) is 0 Å². The summed E-state index contributed by atoms with van der Waals surface area (Å²) in [6, 6.07) is 0. The Labute approximate surface area is 115 Å². The minimum Gasteiger partial charge on any atom is -0.466 e. The SMILES string of the molecule is CCOC(=O)CC(O)CN(CCCOC)CCOC. The van der Waals surface area contributed by atoms with Crippen molar-refractivity contribution in [2.24, 2.45) is 0 Å². The van der Waals surface area contributed by atoms with Gasteiger partial charge in [0.05, 0.1) is 25.7 Å². The van der Waals surface area contributed by atoms with Crippen LogP contribution in [0, 0.1) is 0 Å². The van der Waals surface area contributed by atoms with Crippen LogP contribution in [0.1, 0.15) is 19.8 Å². The second kappa shape index (κ2) is 12.3. The lowest BCUT2D eigenvalue weighted by atomic mass is 10.2. The molecular formula is C13H27NO5. The van der Waals surface area contributed by atoms with Crippen molar-refractivity contribution in [3.63, 3.8) is 0 Å². The summed E-state index contributed by atoms with van der Waals surface area (Å²) < 4.78 is 14.8. The second-order valence-electron chi connectivity index (χ2n) is 4.30. The van der Waals surface area contributed by atoms with Crippen molar-refractivity contribution in [3.05, 3.63) is 0 Å². The summed E-state index contributed by atoms with van der Waals surface area (Å²) >= 11 is 0. The van der Waals surface area contributed by atoms with Gasteiger partial charge >= 0.3 is 5.97 Å². The zero-order chi connectivity index (χ0) is 14.5. The quantitative estimate of drug-likeness (QED) is 0.408. The first-order chi connectivity index (χ1) is 9.13. The molecule has 1 unspecified atom stereocenters. The minimum absolute atomic E-state index is 0.0294. The molecule has 0 saturated heterocycles. The molecule has 0 spiro atoms. The molecule has 0 saturated carbocycles. The summed E-state index contributed by atoms with van der Waals surface area (Å²) in [5.74, 6) is -0.362. The lowest BCUT2D eigenvalue weighted by Gasteiger charge is -2.24. The van der Waals surface area contributed by atoms with Crippen LogP contribution < -0.4 is 0 Å². The lowest BCUT2D eigenvalue weighted by molar-refractivity contribution is -0.145. The summed E-state index contributed by atoms with van der Waals surface area (Å²) in [4.78, 5) is 13.3. The van der Waals surface area contributed by atoms with E-state index in [0.29, 0.717) is 26.4 Å². The number of hydrogen-bond donors (Lipinski definition) is 1. The van der Waals surface area contributed by atoms with Gasteiger partial charge in [-0.2, -0.15) is 0 Å². The molecule has 1 N–H and O–H groups in total. The van der Waals surface area contributed by atoms with Crippen LogP contribution in [0.25, 0.3) is 0 Å². The molecular weight excluding hydrogens is 250 g/mol. The minimum atomic E-state index is -0.710. The summed E-state index contributed by atoms with van der Waals surface area (Å²) in [5, 5.41) is 9.86. The van der Waals surface area contributed by atoms with E-state index in [4.69, 9.17) is 14.2 Å². The van der Waals surface area contributed by atoms with Crippen molar-refractivity contribution in [3.8, 4) is 0 Å². The predicted molar refractivity (Wildman–Crippen MR) is 72.1 cm³/mol. The topological polar surface area (TPSA) is 68.2 Å². The number of hydrogen-bond acceptors (Lipinski definition) is 6. The smallest absolute Gasteiger partial charge is 0.308 e. The molecule has 0 bridgehead atoms. The van der Waals surface area contributed by atoms with Crippen molar-refractivity contribution in [2.75, 3.05) is 53.7 Å². The Balaban J connectivity index is 4.01. The number of ether oxygens (including phenoxy) is 3. The number of carbonyl (C=O) groups excluding carboxylic acids is 1. The lowest BCUT2D eigenvalue weighted by Crippen LogP contribution is -2.37. The first kappa shape index (κ1) is 18.3. The van der Waals surface area contributed by atoms with Crippen molar-refractivity contribution in [1.29, 1.82) is 0 Å². The summed E-state index contributed by atoms with van der Waals surface area (Å²) in [6.45, 7) is 5.33. The first-order valence-electron chi connectivity index (χ1n) is 6.67. The predicted octanol–water partition coefficient (Wildman–Crippen LogP) is 0.285. The monoisotopic (exact) mass is 277 g/mol. The second-order valence-corrected chi connectivity index (χ2v) is 4.30. The number of esters is 1. The molecule has 0 aliphatic rings. The number of aliphatic hydroxyl groups is 1. The van der Waals surface area contributed by atoms with Gasteiger partial charge in [-0.1, -0.05) is 0 Å². The summed E-state index contributed by atoms with van der Waals surface area (Å²) in [6.07, 6.45) is 0.201. The molecule has 6 nitrogen and oxygen atoms in total. The molecule has 0 radical (unpaired) electrons. The molecule has 0 aromatic heterocycles. The molecule has 0 aliphatic heterocycles.